The number of carboxylic acid groups (broad SMARTS) is 1. The molecule has 1 fully saturated rings. The van der Waals surface area contributed by atoms with Crippen molar-refractivity contribution in [2.45, 2.75) is 19.3 Å². The number of nitrogens with one attached hydrogen (secondary N) is 1. The van der Waals surface area contributed by atoms with Gasteiger partial charge in [0, 0.05) is 24.7 Å². The molecule has 2 amide bonds. The van der Waals surface area contributed by atoms with Crippen LogP contribution in [0.2, 0.25) is 5.02 Å². The lowest BCUT2D eigenvalue weighted by Crippen LogP contribution is -2.45. The molecule has 0 aromatic heterocycles. The fourth-order valence-corrected chi connectivity index (χ4v) is 2.68. The molecular weight excluding hydrogens is 292 g/mol. The summed E-state index contributed by atoms with van der Waals surface area (Å²) in [4.78, 5) is 24.5. The molecule has 1 aromatic rings. The van der Waals surface area contributed by atoms with Crippen molar-refractivity contribution in [1.29, 1.82) is 0 Å². The third-order valence-corrected chi connectivity index (χ3v) is 4.13. The van der Waals surface area contributed by atoms with Gasteiger partial charge in [0.05, 0.1) is 5.92 Å². The number of urea groups is 1. The summed E-state index contributed by atoms with van der Waals surface area (Å²) < 4.78 is 0. The van der Waals surface area contributed by atoms with E-state index >= 15 is 0 Å². The molecule has 1 aromatic carbocycles. The van der Waals surface area contributed by atoms with E-state index < -0.39 is 5.97 Å². The number of amides is 2. The molecule has 1 heterocycles. The van der Waals surface area contributed by atoms with Gasteiger partial charge >= 0.3 is 12.0 Å². The van der Waals surface area contributed by atoms with E-state index in [4.69, 9.17) is 16.7 Å². The zero-order chi connectivity index (χ0) is 15.2. The van der Waals surface area contributed by atoms with Gasteiger partial charge in [-0.2, -0.15) is 0 Å². The molecule has 1 aliphatic rings. The van der Waals surface area contributed by atoms with Gasteiger partial charge in [-0.1, -0.05) is 29.8 Å². The van der Waals surface area contributed by atoms with Gasteiger partial charge in [-0.15, -0.1) is 0 Å². The molecule has 1 saturated heterocycles. The van der Waals surface area contributed by atoms with Crippen molar-refractivity contribution in [1.82, 2.24) is 10.2 Å². The van der Waals surface area contributed by atoms with Crippen LogP contribution in [0.4, 0.5) is 4.79 Å². The second-order valence-corrected chi connectivity index (χ2v) is 5.58. The van der Waals surface area contributed by atoms with Crippen LogP contribution in [-0.2, 0) is 11.2 Å². The van der Waals surface area contributed by atoms with Gasteiger partial charge < -0.3 is 15.3 Å². The van der Waals surface area contributed by atoms with Crippen LogP contribution in [0.3, 0.4) is 0 Å². The number of hydrogen-bond donors (Lipinski definition) is 2. The highest BCUT2D eigenvalue weighted by Gasteiger charge is 2.26. The number of benzene rings is 1. The fourth-order valence-electron chi connectivity index (χ4n) is 2.45. The van der Waals surface area contributed by atoms with Gasteiger partial charge in [0.1, 0.15) is 0 Å². The van der Waals surface area contributed by atoms with E-state index in [-0.39, 0.29) is 11.9 Å². The predicted octanol–water partition coefficient (Wildman–Crippen LogP) is 2.39. The first-order valence-electron chi connectivity index (χ1n) is 7.07. The first-order valence-corrected chi connectivity index (χ1v) is 7.44. The molecule has 21 heavy (non-hydrogen) atoms. The molecule has 1 aliphatic heterocycles. The molecule has 0 atom stereocenters. The number of carbonyl (C=O) groups is 2. The van der Waals surface area contributed by atoms with Crippen LogP contribution in [-0.4, -0.2) is 41.6 Å². The summed E-state index contributed by atoms with van der Waals surface area (Å²) in [7, 11) is 0. The summed E-state index contributed by atoms with van der Waals surface area (Å²) in [6, 6.07) is 7.42. The number of likely N-dealkylation sites (tertiary alicyclic amines) is 1. The zero-order valence-electron chi connectivity index (χ0n) is 11.7. The van der Waals surface area contributed by atoms with Crippen molar-refractivity contribution < 1.29 is 14.7 Å². The van der Waals surface area contributed by atoms with Gasteiger partial charge in [-0.05, 0) is 30.9 Å². The van der Waals surface area contributed by atoms with E-state index in [9.17, 15) is 9.59 Å². The average Bonchev–Trinajstić information content (AvgIpc) is 2.49. The molecule has 0 unspecified atom stereocenters. The number of piperidine rings is 1. The Kier molecular flexibility index (Phi) is 5.44. The monoisotopic (exact) mass is 310 g/mol. The Morgan fingerprint density at radius 2 is 1.95 bits per heavy atom. The number of rotatable bonds is 4. The van der Waals surface area contributed by atoms with Gasteiger partial charge in [-0.3, -0.25) is 4.79 Å². The highest BCUT2D eigenvalue weighted by molar-refractivity contribution is 6.31. The number of halogens is 1. The Morgan fingerprint density at radius 3 is 2.57 bits per heavy atom. The lowest BCUT2D eigenvalue weighted by Gasteiger charge is -2.30. The number of nitrogens with zero attached hydrogens (tertiary/aromatic N) is 1. The van der Waals surface area contributed by atoms with Crippen molar-refractivity contribution in [2.24, 2.45) is 5.92 Å². The van der Waals surface area contributed by atoms with Crippen LogP contribution >= 0.6 is 11.6 Å². The van der Waals surface area contributed by atoms with E-state index in [0.29, 0.717) is 43.9 Å². The normalized spacial score (nSPS) is 15.8. The van der Waals surface area contributed by atoms with Crippen LogP contribution in [0.5, 0.6) is 0 Å². The molecule has 0 radical (unpaired) electrons. The highest BCUT2D eigenvalue weighted by Crippen LogP contribution is 2.17. The summed E-state index contributed by atoms with van der Waals surface area (Å²) >= 11 is 6.06. The Balaban J connectivity index is 1.73. The lowest BCUT2D eigenvalue weighted by molar-refractivity contribution is -0.143. The number of carboxylic acids is 1. The van der Waals surface area contributed by atoms with Gasteiger partial charge in [-0.25, -0.2) is 4.79 Å². The fraction of sp³-hybridized carbons (Fsp3) is 0.467. The molecule has 0 bridgehead atoms. The molecule has 6 heteroatoms. The van der Waals surface area contributed by atoms with Crippen LogP contribution in [0.15, 0.2) is 24.3 Å². The summed E-state index contributed by atoms with van der Waals surface area (Å²) in [5, 5.41) is 12.5. The van der Waals surface area contributed by atoms with Gasteiger partial charge in [0.25, 0.3) is 0 Å². The summed E-state index contributed by atoms with van der Waals surface area (Å²) in [6.07, 6.45) is 1.72. The molecular formula is C15H19ClN2O3. The van der Waals surface area contributed by atoms with Gasteiger partial charge in [0.2, 0.25) is 0 Å². The van der Waals surface area contributed by atoms with Crippen LogP contribution < -0.4 is 5.32 Å². The van der Waals surface area contributed by atoms with E-state index in [1.807, 2.05) is 24.3 Å². The maximum Gasteiger partial charge on any atom is 0.317 e. The topological polar surface area (TPSA) is 69.6 Å². The van der Waals surface area contributed by atoms with Crippen LogP contribution in [0.25, 0.3) is 0 Å². The molecule has 114 valence electrons. The van der Waals surface area contributed by atoms with E-state index in [2.05, 4.69) is 5.32 Å². The Morgan fingerprint density at radius 1 is 1.29 bits per heavy atom. The van der Waals surface area contributed by atoms with Crippen LogP contribution in [0, 0.1) is 5.92 Å². The maximum atomic E-state index is 12.0. The van der Waals surface area contributed by atoms with Crippen molar-refractivity contribution in [3.63, 3.8) is 0 Å². The molecule has 0 spiro atoms. The first kappa shape index (κ1) is 15.6. The molecule has 5 nitrogen and oxygen atoms in total. The Labute approximate surface area is 128 Å². The van der Waals surface area contributed by atoms with E-state index in [0.717, 1.165) is 5.56 Å². The smallest absolute Gasteiger partial charge is 0.317 e. The van der Waals surface area contributed by atoms with Crippen molar-refractivity contribution in [3.8, 4) is 0 Å². The van der Waals surface area contributed by atoms with E-state index in [1.165, 1.54) is 0 Å². The minimum atomic E-state index is -0.770. The number of carbonyl (C=O) groups excluding carboxylic acids is 1. The van der Waals surface area contributed by atoms with E-state index in [1.54, 1.807) is 4.90 Å². The molecule has 0 saturated carbocycles. The predicted molar refractivity (Wildman–Crippen MR) is 80.5 cm³/mol. The van der Waals surface area contributed by atoms with Crippen molar-refractivity contribution >= 4 is 23.6 Å². The molecule has 0 aliphatic carbocycles. The minimum Gasteiger partial charge on any atom is -0.481 e. The third-order valence-electron chi connectivity index (χ3n) is 3.76. The maximum absolute atomic E-state index is 12.0. The van der Waals surface area contributed by atoms with Crippen molar-refractivity contribution in [2.75, 3.05) is 19.6 Å². The second kappa shape index (κ2) is 7.31. The Bertz CT molecular complexity index is 513. The standard InChI is InChI=1S/C15H19ClN2O3/c16-13-4-2-1-3-11(13)5-8-17-15(21)18-9-6-12(7-10-18)14(19)20/h1-4,12H,5-10H2,(H,17,21)(H,19,20). The molecule has 2 N–H and O–H groups in total. The van der Waals surface area contributed by atoms with Gasteiger partial charge in [0.15, 0.2) is 0 Å². The summed E-state index contributed by atoms with van der Waals surface area (Å²) in [6.45, 7) is 1.51. The summed E-state index contributed by atoms with van der Waals surface area (Å²) in [5.74, 6) is -1.09. The van der Waals surface area contributed by atoms with Crippen LogP contribution in [0.1, 0.15) is 18.4 Å². The Hall–Kier alpha value is -1.75. The average molecular weight is 311 g/mol. The summed E-state index contributed by atoms with van der Waals surface area (Å²) in [5.41, 5.74) is 1.00. The molecule has 2 rings (SSSR count). The third kappa shape index (κ3) is 4.36. The highest BCUT2D eigenvalue weighted by atomic mass is 35.5. The largest absolute Gasteiger partial charge is 0.481 e. The lowest BCUT2D eigenvalue weighted by atomic mass is 9.97. The second-order valence-electron chi connectivity index (χ2n) is 5.17. The number of aliphatic carboxylic acids is 1. The minimum absolute atomic E-state index is 0.133. The zero-order valence-corrected chi connectivity index (χ0v) is 12.5. The quantitative estimate of drug-likeness (QED) is 0.897. The number of hydrogen-bond acceptors (Lipinski definition) is 2. The SMILES string of the molecule is O=C(O)C1CCN(C(=O)NCCc2ccccc2Cl)CC1. The van der Waals surface area contributed by atoms with Crippen molar-refractivity contribution in [3.05, 3.63) is 34.9 Å². The first-order chi connectivity index (χ1) is 10.1.